The minimum absolute atomic E-state index is 0.155. The van der Waals surface area contributed by atoms with Gasteiger partial charge >= 0.3 is 0 Å². The lowest BCUT2D eigenvalue weighted by Gasteiger charge is -2.20. The van der Waals surface area contributed by atoms with Crippen LogP contribution in [0.2, 0.25) is 0 Å². The van der Waals surface area contributed by atoms with E-state index in [0.29, 0.717) is 24.4 Å². The van der Waals surface area contributed by atoms with Gasteiger partial charge in [0.1, 0.15) is 10.7 Å². The summed E-state index contributed by atoms with van der Waals surface area (Å²) < 4.78 is 9.32. The molecule has 2 aromatic heterocycles. The maximum atomic E-state index is 12.2. The Morgan fingerprint density at radius 3 is 3.22 bits per heavy atom. The van der Waals surface area contributed by atoms with Gasteiger partial charge in [-0.2, -0.15) is 0 Å². The van der Waals surface area contributed by atoms with Crippen LogP contribution in [0.5, 0.6) is 0 Å². The van der Waals surface area contributed by atoms with E-state index in [1.165, 1.54) is 0 Å². The molecule has 23 heavy (non-hydrogen) atoms. The third-order valence-electron chi connectivity index (χ3n) is 3.78. The Balaban J connectivity index is 1.63. The fourth-order valence-electron chi connectivity index (χ4n) is 2.52. The number of hydrogen-bond acceptors (Lipinski definition) is 7. The second-order valence-corrected chi connectivity index (χ2v) is 6.16. The van der Waals surface area contributed by atoms with Crippen LogP contribution < -0.4 is 5.32 Å². The lowest BCUT2D eigenvalue weighted by molar-refractivity contribution is 0.0779. The lowest BCUT2D eigenvalue weighted by Crippen LogP contribution is -2.24. The van der Waals surface area contributed by atoms with Crippen molar-refractivity contribution in [2.75, 3.05) is 13.2 Å². The molecule has 0 aromatic carbocycles. The molecule has 0 spiro atoms. The predicted molar refractivity (Wildman–Crippen MR) is 85.3 cm³/mol. The van der Waals surface area contributed by atoms with E-state index in [2.05, 4.69) is 24.9 Å². The number of aryl methyl sites for hydroxylation is 1. The average Bonchev–Trinajstić information content (AvgIpc) is 3.09. The van der Waals surface area contributed by atoms with Crippen molar-refractivity contribution in [3.8, 4) is 0 Å². The Labute approximate surface area is 138 Å². The van der Waals surface area contributed by atoms with Gasteiger partial charge in [0.05, 0.1) is 24.5 Å². The number of aromatic nitrogens is 4. The molecule has 0 saturated carbocycles. The van der Waals surface area contributed by atoms with Crippen molar-refractivity contribution < 1.29 is 9.53 Å². The van der Waals surface area contributed by atoms with E-state index in [4.69, 9.17) is 4.74 Å². The van der Waals surface area contributed by atoms with Crippen LogP contribution in [0.15, 0.2) is 12.3 Å². The zero-order valence-electron chi connectivity index (χ0n) is 13.0. The van der Waals surface area contributed by atoms with Crippen LogP contribution in [0.25, 0.3) is 0 Å². The monoisotopic (exact) mass is 333 g/mol. The molecular formula is C15H19N5O2S. The van der Waals surface area contributed by atoms with E-state index < -0.39 is 0 Å². The highest BCUT2D eigenvalue weighted by molar-refractivity contribution is 7.08. The fourth-order valence-corrected chi connectivity index (χ4v) is 3.18. The van der Waals surface area contributed by atoms with Crippen LogP contribution in [0.4, 0.5) is 0 Å². The van der Waals surface area contributed by atoms with Gasteiger partial charge in [-0.15, -0.1) is 5.10 Å². The molecule has 0 aliphatic carbocycles. The number of carbonyl (C=O) groups is 1. The first-order chi connectivity index (χ1) is 11.3. The van der Waals surface area contributed by atoms with Gasteiger partial charge in [-0.1, -0.05) is 11.4 Å². The third-order valence-corrected chi connectivity index (χ3v) is 4.55. The van der Waals surface area contributed by atoms with E-state index in [1.807, 2.05) is 13.0 Å². The molecule has 0 unspecified atom stereocenters. The molecular weight excluding hydrogens is 314 g/mol. The maximum Gasteiger partial charge on any atom is 0.265 e. The number of rotatable bonds is 5. The van der Waals surface area contributed by atoms with Crippen molar-refractivity contribution in [2.24, 2.45) is 0 Å². The van der Waals surface area contributed by atoms with Gasteiger partial charge in [0.25, 0.3) is 5.91 Å². The molecule has 1 aliphatic heterocycles. The van der Waals surface area contributed by atoms with E-state index in [9.17, 15) is 4.79 Å². The highest BCUT2D eigenvalue weighted by Crippen LogP contribution is 2.22. The zero-order chi connectivity index (χ0) is 16.1. The fraction of sp³-hybridized carbons (Fsp3) is 0.533. The summed E-state index contributed by atoms with van der Waals surface area (Å²) in [5, 5.41) is 6.83. The molecule has 1 N–H and O–H groups in total. The number of amides is 1. The summed E-state index contributed by atoms with van der Waals surface area (Å²) in [5.74, 6) is 0.889. The normalized spacial score (nSPS) is 17.9. The smallest absolute Gasteiger partial charge is 0.265 e. The van der Waals surface area contributed by atoms with E-state index in [0.717, 1.165) is 48.2 Å². The van der Waals surface area contributed by atoms with Crippen LogP contribution in [-0.4, -0.2) is 38.7 Å². The van der Waals surface area contributed by atoms with Crippen molar-refractivity contribution >= 4 is 17.4 Å². The molecule has 7 nitrogen and oxygen atoms in total. The summed E-state index contributed by atoms with van der Waals surface area (Å²) in [6.07, 6.45) is 4.51. The van der Waals surface area contributed by atoms with Crippen molar-refractivity contribution in [2.45, 2.75) is 38.6 Å². The van der Waals surface area contributed by atoms with Crippen molar-refractivity contribution in [3.05, 3.63) is 34.4 Å². The van der Waals surface area contributed by atoms with Gasteiger partial charge in [0.2, 0.25) is 0 Å². The second kappa shape index (κ2) is 7.56. The van der Waals surface area contributed by atoms with Gasteiger partial charge in [0, 0.05) is 18.7 Å². The summed E-state index contributed by atoms with van der Waals surface area (Å²) in [6, 6.07) is 1.82. The largest absolute Gasteiger partial charge is 0.381 e. The Morgan fingerprint density at radius 1 is 1.52 bits per heavy atom. The SMILES string of the molecule is CCc1nnsc1C(=O)NCc1ccnc([C@H]2CCCOC2)n1. The molecule has 1 aliphatic rings. The number of carbonyl (C=O) groups excluding carboxylic acids is 1. The topological polar surface area (TPSA) is 89.9 Å². The van der Waals surface area contributed by atoms with Crippen LogP contribution in [0.1, 0.15) is 52.6 Å². The molecule has 1 atom stereocenters. The second-order valence-electron chi connectivity index (χ2n) is 5.41. The molecule has 8 heteroatoms. The Hall–Kier alpha value is -1.93. The summed E-state index contributed by atoms with van der Waals surface area (Å²) >= 11 is 1.12. The molecule has 1 saturated heterocycles. The predicted octanol–water partition coefficient (Wildman–Crippen LogP) is 1.71. The van der Waals surface area contributed by atoms with Gasteiger partial charge in [-0.05, 0) is 36.9 Å². The molecule has 2 aromatic rings. The van der Waals surface area contributed by atoms with E-state index in [1.54, 1.807) is 6.20 Å². The number of hydrogen-bond donors (Lipinski definition) is 1. The molecule has 0 bridgehead atoms. The van der Waals surface area contributed by atoms with Crippen LogP contribution in [0.3, 0.4) is 0 Å². The Kier molecular flexibility index (Phi) is 5.24. The van der Waals surface area contributed by atoms with Crippen LogP contribution in [0, 0.1) is 0 Å². The van der Waals surface area contributed by atoms with Gasteiger partial charge in [-0.25, -0.2) is 9.97 Å². The van der Waals surface area contributed by atoms with E-state index >= 15 is 0 Å². The Morgan fingerprint density at radius 2 is 2.43 bits per heavy atom. The molecule has 1 fully saturated rings. The van der Waals surface area contributed by atoms with Crippen LogP contribution >= 0.6 is 11.5 Å². The first kappa shape index (κ1) is 15.9. The first-order valence-corrected chi connectivity index (χ1v) is 8.54. The third kappa shape index (κ3) is 3.89. The van der Waals surface area contributed by atoms with Crippen LogP contribution in [-0.2, 0) is 17.7 Å². The maximum absolute atomic E-state index is 12.2. The zero-order valence-corrected chi connectivity index (χ0v) is 13.8. The van der Waals surface area contributed by atoms with Crippen molar-refractivity contribution in [1.29, 1.82) is 0 Å². The van der Waals surface area contributed by atoms with Gasteiger partial charge < -0.3 is 10.1 Å². The molecule has 122 valence electrons. The van der Waals surface area contributed by atoms with Gasteiger partial charge in [0.15, 0.2) is 0 Å². The van der Waals surface area contributed by atoms with E-state index in [-0.39, 0.29) is 11.8 Å². The molecule has 3 rings (SSSR count). The highest BCUT2D eigenvalue weighted by Gasteiger charge is 2.19. The standard InChI is InChI=1S/C15H19N5O2S/c1-2-12-13(23-20-19-12)15(21)17-8-11-5-6-16-14(18-11)10-4-3-7-22-9-10/h5-6,10H,2-4,7-9H2,1H3,(H,17,21)/t10-/m0/s1. The lowest BCUT2D eigenvalue weighted by atomic mass is 10.0. The molecule has 1 amide bonds. The summed E-state index contributed by atoms with van der Waals surface area (Å²) in [6.45, 7) is 3.80. The summed E-state index contributed by atoms with van der Waals surface area (Å²) in [5.41, 5.74) is 1.53. The highest BCUT2D eigenvalue weighted by atomic mass is 32.1. The minimum Gasteiger partial charge on any atom is -0.381 e. The minimum atomic E-state index is -0.155. The molecule has 3 heterocycles. The quantitative estimate of drug-likeness (QED) is 0.896. The number of nitrogens with zero attached hydrogens (tertiary/aromatic N) is 4. The average molecular weight is 333 g/mol. The number of ether oxygens (including phenoxy) is 1. The summed E-state index contributed by atoms with van der Waals surface area (Å²) in [4.78, 5) is 21.7. The summed E-state index contributed by atoms with van der Waals surface area (Å²) in [7, 11) is 0. The van der Waals surface area contributed by atoms with Crippen molar-refractivity contribution in [1.82, 2.24) is 24.9 Å². The Bertz CT molecular complexity index is 669. The number of nitrogens with one attached hydrogen (secondary N) is 1. The van der Waals surface area contributed by atoms with Gasteiger partial charge in [-0.3, -0.25) is 4.79 Å². The molecule has 0 radical (unpaired) electrons. The van der Waals surface area contributed by atoms with Crippen molar-refractivity contribution in [3.63, 3.8) is 0 Å². The first-order valence-electron chi connectivity index (χ1n) is 7.77.